The van der Waals surface area contributed by atoms with Gasteiger partial charge in [-0.25, -0.2) is 0 Å². The molecule has 0 aliphatic heterocycles. The van der Waals surface area contributed by atoms with Crippen molar-refractivity contribution in [1.29, 1.82) is 0 Å². The minimum absolute atomic E-state index is 0.330. The van der Waals surface area contributed by atoms with Crippen molar-refractivity contribution in [2.24, 2.45) is 0 Å². The number of rotatable bonds is 8. The van der Waals surface area contributed by atoms with Crippen LogP contribution in [0.4, 0.5) is 0 Å². The highest BCUT2D eigenvalue weighted by atomic mass is 16.3. The Hall–Kier alpha value is -1.38. The van der Waals surface area contributed by atoms with Crippen molar-refractivity contribution in [3.05, 3.63) is 60.7 Å². The second-order valence-corrected chi connectivity index (χ2v) is 4.17. The molecule has 17 heavy (non-hydrogen) atoms. The number of benzene rings is 1. The molecule has 0 spiro atoms. The lowest BCUT2D eigenvalue weighted by Gasteiger charge is -2.11. The van der Waals surface area contributed by atoms with E-state index in [4.69, 9.17) is 0 Å². The van der Waals surface area contributed by atoms with Gasteiger partial charge in [-0.2, -0.15) is 0 Å². The summed E-state index contributed by atoms with van der Waals surface area (Å²) in [5.74, 6) is 0. The Morgan fingerprint density at radius 3 is 2.71 bits per heavy atom. The minimum atomic E-state index is -0.330. The first-order valence-electron chi connectivity index (χ1n) is 5.95. The van der Waals surface area contributed by atoms with Crippen molar-refractivity contribution in [2.45, 2.75) is 25.5 Å². The third-order valence-corrected chi connectivity index (χ3v) is 2.61. The number of hydrogen-bond donors (Lipinski definition) is 2. The van der Waals surface area contributed by atoms with E-state index in [9.17, 15) is 5.11 Å². The van der Waals surface area contributed by atoms with Gasteiger partial charge >= 0.3 is 0 Å². The van der Waals surface area contributed by atoms with Crippen LogP contribution in [0.5, 0.6) is 0 Å². The molecule has 1 aromatic rings. The fraction of sp³-hybridized carbons (Fsp3) is 0.333. The van der Waals surface area contributed by atoms with E-state index in [1.807, 2.05) is 18.2 Å². The number of aliphatic hydroxyl groups excluding tert-OH is 1. The summed E-state index contributed by atoms with van der Waals surface area (Å²) in [6, 6.07) is 10.2. The Labute approximate surface area is 104 Å². The molecule has 0 saturated carbocycles. The van der Waals surface area contributed by atoms with Crippen LogP contribution in [-0.4, -0.2) is 17.8 Å². The highest BCUT2D eigenvalue weighted by Gasteiger charge is 2.03. The molecule has 1 unspecified atom stereocenters. The highest BCUT2D eigenvalue weighted by molar-refractivity contribution is 5.14. The van der Waals surface area contributed by atoms with Gasteiger partial charge in [-0.3, -0.25) is 0 Å². The van der Waals surface area contributed by atoms with Gasteiger partial charge in [0, 0.05) is 6.54 Å². The fourth-order valence-electron chi connectivity index (χ4n) is 1.59. The van der Waals surface area contributed by atoms with Gasteiger partial charge in [-0.05, 0) is 24.9 Å². The van der Waals surface area contributed by atoms with Gasteiger partial charge in [-0.15, -0.1) is 0 Å². The number of hydrogen-bond acceptors (Lipinski definition) is 2. The van der Waals surface area contributed by atoms with E-state index < -0.39 is 0 Å². The summed E-state index contributed by atoms with van der Waals surface area (Å²) in [6.45, 7) is 9.06. The maximum absolute atomic E-state index is 9.70. The summed E-state index contributed by atoms with van der Waals surface area (Å²) in [5.41, 5.74) is 2.15. The van der Waals surface area contributed by atoms with E-state index in [0.29, 0.717) is 6.42 Å². The first-order valence-corrected chi connectivity index (χ1v) is 5.95. The summed E-state index contributed by atoms with van der Waals surface area (Å²) in [6.07, 6.45) is 2.71. The predicted octanol–water partition coefficient (Wildman–Crippen LogP) is 2.66. The predicted molar refractivity (Wildman–Crippen MR) is 72.7 cm³/mol. The van der Waals surface area contributed by atoms with Crippen molar-refractivity contribution in [3.63, 3.8) is 0 Å². The van der Waals surface area contributed by atoms with E-state index in [1.54, 1.807) is 6.08 Å². The zero-order valence-electron chi connectivity index (χ0n) is 10.2. The highest BCUT2D eigenvalue weighted by Crippen LogP contribution is 2.06. The Morgan fingerprint density at radius 1 is 1.35 bits per heavy atom. The molecule has 2 heteroatoms. The SMILES string of the molecule is C=CC(=C)CC(O)CCNCc1ccccc1. The van der Waals surface area contributed by atoms with Gasteiger partial charge in [-0.1, -0.05) is 55.1 Å². The van der Waals surface area contributed by atoms with Crippen molar-refractivity contribution < 1.29 is 5.11 Å². The molecule has 0 radical (unpaired) electrons. The van der Waals surface area contributed by atoms with E-state index in [2.05, 4.69) is 30.6 Å². The standard InChI is InChI=1S/C15H21NO/c1-3-13(2)11-15(17)9-10-16-12-14-7-5-4-6-8-14/h3-8,15-17H,1-2,9-12H2. The van der Waals surface area contributed by atoms with Crippen LogP contribution in [0.15, 0.2) is 55.1 Å². The van der Waals surface area contributed by atoms with Crippen molar-refractivity contribution in [2.75, 3.05) is 6.54 Å². The third kappa shape index (κ3) is 6.05. The fourth-order valence-corrected chi connectivity index (χ4v) is 1.59. The normalized spacial score (nSPS) is 12.1. The quantitative estimate of drug-likeness (QED) is 0.532. The molecule has 0 saturated heterocycles. The first kappa shape index (κ1) is 13.7. The average Bonchev–Trinajstić information content (AvgIpc) is 2.36. The number of allylic oxidation sites excluding steroid dienone is 1. The maximum atomic E-state index is 9.70. The molecule has 0 fully saturated rings. The molecular formula is C15H21NO. The molecule has 0 bridgehead atoms. The maximum Gasteiger partial charge on any atom is 0.0592 e. The molecular weight excluding hydrogens is 210 g/mol. The number of nitrogens with one attached hydrogen (secondary N) is 1. The zero-order valence-corrected chi connectivity index (χ0v) is 10.2. The lowest BCUT2D eigenvalue weighted by atomic mass is 10.1. The Morgan fingerprint density at radius 2 is 2.06 bits per heavy atom. The second-order valence-electron chi connectivity index (χ2n) is 4.17. The van der Waals surface area contributed by atoms with Gasteiger partial charge in [0.05, 0.1) is 6.10 Å². The third-order valence-electron chi connectivity index (χ3n) is 2.61. The summed E-state index contributed by atoms with van der Waals surface area (Å²) >= 11 is 0. The van der Waals surface area contributed by atoms with Gasteiger partial charge in [0.15, 0.2) is 0 Å². The molecule has 0 aliphatic carbocycles. The second kappa shape index (κ2) is 7.82. The number of aliphatic hydroxyl groups is 1. The van der Waals surface area contributed by atoms with Crippen molar-refractivity contribution in [1.82, 2.24) is 5.32 Å². The smallest absolute Gasteiger partial charge is 0.0592 e. The molecule has 1 atom stereocenters. The van der Waals surface area contributed by atoms with Crippen LogP contribution in [0.2, 0.25) is 0 Å². The molecule has 2 nitrogen and oxygen atoms in total. The molecule has 0 aliphatic rings. The summed E-state index contributed by atoms with van der Waals surface area (Å²) in [4.78, 5) is 0. The minimum Gasteiger partial charge on any atom is -0.393 e. The average molecular weight is 231 g/mol. The molecule has 1 rings (SSSR count). The van der Waals surface area contributed by atoms with Crippen molar-refractivity contribution in [3.8, 4) is 0 Å². The molecule has 0 aromatic heterocycles. The Balaban J connectivity index is 2.12. The summed E-state index contributed by atoms with van der Waals surface area (Å²) in [5, 5.41) is 13.0. The van der Waals surface area contributed by atoms with Crippen LogP contribution in [0.1, 0.15) is 18.4 Å². The summed E-state index contributed by atoms with van der Waals surface area (Å²) in [7, 11) is 0. The summed E-state index contributed by atoms with van der Waals surface area (Å²) < 4.78 is 0. The first-order chi connectivity index (χ1) is 8.22. The molecule has 0 heterocycles. The Kier molecular flexibility index (Phi) is 6.30. The van der Waals surface area contributed by atoms with Crippen LogP contribution in [-0.2, 0) is 6.54 Å². The van der Waals surface area contributed by atoms with Crippen LogP contribution in [0.3, 0.4) is 0 Å². The van der Waals surface area contributed by atoms with Crippen molar-refractivity contribution >= 4 is 0 Å². The Bertz CT molecular complexity index is 345. The van der Waals surface area contributed by atoms with Gasteiger partial charge < -0.3 is 10.4 Å². The van der Waals surface area contributed by atoms with E-state index >= 15 is 0 Å². The van der Waals surface area contributed by atoms with E-state index in [-0.39, 0.29) is 6.10 Å². The van der Waals surface area contributed by atoms with Gasteiger partial charge in [0.2, 0.25) is 0 Å². The monoisotopic (exact) mass is 231 g/mol. The molecule has 1 aromatic carbocycles. The van der Waals surface area contributed by atoms with Crippen LogP contribution >= 0.6 is 0 Å². The van der Waals surface area contributed by atoms with Gasteiger partial charge in [0.1, 0.15) is 0 Å². The molecule has 0 amide bonds. The van der Waals surface area contributed by atoms with Gasteiger partial charge in [0.25, 0.3) is 0 Å². The lowest BCUT2D eigenvalue weighted by Crippen LogP contribution is -2.20. The topological polar surface area (TPSA) is 32.3 Å². The molecule has 92 valence electrons. The van der Waals surface area contributed by atoms with Crippen LogP contribution in [0.25, 0.3) is 0 Å². The van der Waals surface area contributed by atoms with E-state index in [1.165, 1.54) is 5.56 Å². The van der Waals surface area contributed by atoms with Crippen LogP contribution in [0, 0.1) is 0 Å². The largest absolute Gasteiger partial charge is 0.393 e. The lowest BCUT2D eigenvalue weighted by molar-refractivity contribution is 0.165. The van der Waals surface area contributed by atoms with Crippen LogP contribution < -0.4 is 5.32 Å². The van der Waals surface area contributed by atoms with E-state index in [0.717, 1.165) is 25.1 Å². The molecule has 2 N–H and O–H groups in total. The zero-order chi connectivity index (χ0) is 12.5.